The number of nitrogens with zero attached hydrogens (tertiary/aromatic N) is 1. The third-order valence-corrected chi connectivity index (χ3v) is 4.57. The molecule has 0 atom stereocenters. The van der Waals surface area contributed by atoms with Crippen molar-refractivity contribution in [1.82, 2.24) is 10.2 Å². The van der Waals surface area contributed by atoms with E-state index >= 15 is 0 Å². The van der Waals surface area contributed by atoms with Crippen LogP contribution in [0.15, 0.2) is 22.7 Å². The molecule has 4 heteroatoms. The molecule has 1 aromatic carbocycles. The van der Waals surface area contributed by atoms with E-state index < -0.39 is 0 Å². The number of benzene rings is 1. The van der Waals surface area contributed by atoms with Crippen molar-refractivity contribution < 1.29 is 0 Å². The summed E-state index contributed by atoms with van der Waals surface area (Å²) in [6.07, 6.45) is 3.99. The van der Waals surface area contributed by atoms with Crippen LogP contribution in [-0.4, -0.2) is 31.1 Å². The van der Waals surface area contributed by atoms with E-state index in [1.165, 1.54) is 44.5 Å². The number of halogens is 2. The highest BCUT2D eigenvalue weighted by Gasteiger charge is 2.09. The van der Waals surface area contributed by atoms with Crippen molar-refractivity contribution in [2.24, 2.45) is 0 Å². The van der Waals surface area contributed by atoms with Gasteiger partial charge in [0.15, 0.2) is 0 Å². The Balaban J connectivity index is 1.61. The SMILES string of the molecule is Clc1cc(CNCCCN2CCCC2)ccc1Br. The van der Waals surface area contributed by atoms with E-state index in [0.29, 0.717) is 0 Å². The monoisotopic (exact) mass is 330 g/mol. The minimum Gasteiger partial charge on any atom is -0.313 e. The van der Waals surface area contributed by atoms with E-state index in [-0.39, 0.29) is 0 Å². The first kappa shape index (κ1) is 14.3. The molecule has 0 aromatic heterocycles. The van der Waals surface area contributed by atoms with E-state index in [2.05, 4.69) is 32.2 Å². The van der Waals surface area contributed by atoms with Crippen LogP contribution in [0, 0.1) is 0 Å². The summed E-state index contributed by atoms with van der Waals surface area (Å²) in [5, 5.41) is 4.26. The van der Waals surface area contributed by atoms with Crippen molar-refractivity contribution in [3.05, 3.63) is 33.3 Å². The lowest BCUT2D eigenvalue weighted by molar-refractivity contribution is 0.331. The molecule has 1 N–H and O–H groups in total. The Bertz CT molecular complexity index is 378. The lowest BCUT2D eigenvalue weighted by Crippen LogP contribution is -2.24. The quantitative estimate of drug-likeness (QED) is 0.800. The maximum atomic E-state index is 6.06. The molecule has 1 aliphatic heterocycles. The van der Waals surface area contributed by atoms with Crippen LogP contribution in [0.2, 0.25) is 5.02 Å². The van der Waals surface area contributed by atoms with Gasteiger partial charge in [-0.3, -0.25) is 0 Å². The molecule has 0 amide bonds. The number of hydrogen-bond donors (Lipinski definition) is 1. The van der Waals surface area contributed by atoms with E-state index in [0.717, 1.165) is 22.6 Å². The van der Waals surface area contributed by atoms with Crippen LogP contribution >= 0.6 is 27.5 Å². The molecule has 18 heavy (non-hydrogen) atoms. The molecule has 2 nitrogen and oxygen atoms in total. The second-order valence-electron chi connectivity index (χ2n) is 4.83. The van der Waals surface area contributed by atoms with Crippen LogP contribution in [0.25, 0.3) is 0 Å². The van der Waals surface area contributed by atoms with Crippen molar-refractivity contribution in [3.8, 4) is 0 Å². The first-order valence-corrected chi connectivity index (χ1v) is 7.80. The van der Waals surface area contributed by atoms with Crippen molar-refractivity contribution in [3.63, 3.8) is 0 Å². The summed E-state index contributed by atoms with van der Waals surface area (Å²) in [6, 6.07) is 6.12. The van der Waals surface area contributed by atoms with Gasteiger partial charge in [0.05, 0.1) is 5.02 Å². The molecule has 1 fully saturated rings. The van der Waals surface area contributed by atoms with Gasteiger partial charge < -0.3 is 10.2 Å². The zero-order valence-electron chi connectivity index (χ0n) is 10.6. The molecular weight excluding hydrogens is 312 g/mol. The van der Waals surface area contributed by atoms with E-state index in [1.54, 1.807) is 0 Å². The standard InChI is InChI=1S/C14H20BrClN2/c15-13-5-4-12(10-14(13)16)11-17-6-3-9-18-7-1-2-8-18/h4-5,10,17H,1-3,6-9,11H2. The predicted octanol–water partition coefficient (Wildman–Crippen LogP) is 3.68. The molecule has 100 valence electrons. The average molecular weight is 332 g/mol. The summed E-state index contributed by atoms with van der Waals surface area (Å²) in [5.41, 5.74) is 1.24. The van der Waals surface area contributed by atoms with Gasteiger partial charge in [-0.15, -0.1) is 0 Å². The summed E-state index contributed by atoms with van der Waals surface area (Å²) in [6.45, 7) is 5.79. The highest BCUT2D eigenvalue weighted by Crippen LogP contribution is 2.23. The molecular formula is C14H20BrClN2. The van der Waals surface area contributed by atoms with Crippen LogP contribution in [0.1, 0.15) is 24.8 Å². The van der Waals surface area contributed by atoms with Gasteiger partial charge in [-0.1, -0.05) is 17.7 Å². The Labute approximate surface area is 123 Å². The number of nitrogens with one attached hydrogen (secondary N) is 1. The van der Waals surface area contributed by atoms with Crippen LogP contribution in [0.5, 0.6) is 0 Å². The molecule has 0 radical (unpaired) electrons. The van der Waals surface area contributed by atoms with Crippen LogP contribution in [0.3, 0.4) is 0 Å². The average Bonchev–Trinajstić information content (AvgIpc) is 2.86. The van der Waals surface area contributed by atoms with Gasteiger partial charge in [0.1, 0.15) is 0 Å². The Kier molecular flexibility index (Phi) is 5.96. The zero-order chi connectivity index (χ0) is 12.8. The van der Waals surface area contributed by atoms with E-state index in [9.17, 15) is 0 Å². The number of likely N-dealkylation sites (tertiary alicyclic amines) is 1. The fourth-order valence-corrected chi connectivity index (χ4v) is 2.77. The van der Waals surface area contributed by atoms with Crippen molar-refractivity contribution >= 4 is 27.5 Å². The van der Waals surface area contributed by atoms with E-state index in [4.69, 9.17) is 11.6 Å². The van der Waals surface area contributed by atoms with Crippen molar-refractivity contribution in [2.75, 3.05) is 26.2 Å². The Morgan fingerprint density at radius 3 is 2.78 bits per heavy atom. The molecule has 0 unspecified atom stereocenters. The number of hydrogen-bond acceptors (Lipinski definition) is 2. The van der Waals surface area contributed by atoms with Crippen LogP contribution < -0.4 is 5.32 Å². The van der Waals surface area contributed by atoms with Gasteiger partial charge in [-0.05, 0) is 79.1 Å². The van der Waals surface area contributed by atoms with Gasteiger partial charge >= 0.3 is 0 Å². The first-order chi connectivity index (χ1) is 8.75. The van der Waals surface area contributed by atoms with Crippen molar-refractivity contribution in [1.29, 1.82) is 0 Å². The third-order valence-electron chi connectivity index (χ3n) is 3.34. The lowest BCUT2D eigenvalue weighted by atomic mass is 10.2. The maximum absolute atomic E-state index is 6.06. The summed E-state index contributed by atoms with van der Waals surface area (Å²) < 4.78 is 0.960. The van der Waals surface area contributed by atoms with Crippen LogP contribution in [-0.2, 0) is 6.54 Å². The molecule has 0 spiro atoms. The Morgan fingerprint density at radius 1 is 1.28 bits per heavy atom. The van der Waals surface area contributed by atoms with Gasteiger partial charge in [-0.25, -0.2) is 0 Å². The van der Waals surface area contributed by atoms with Crippen LogP contribution in [0.4, 0.5) is 0 Å². The topological polar surface area (TPSA) is 15.3 Å². The fourth-order valence-electron chi connectivity index (χ4n) is 2.32. The van der Waals surface area contributed by atoms with Crippen molar-refractivity contribution in [2.45, 2.75) is 25.8 Å². The van der Waals surface area contributed by atoms with Gasteiger partial charge in [0.25, 0.3) is 0 Å². The molecule has 0 saturated carbocycles. The van der Waals surface area contributed by atoms with Gasteiger partial charge in [0.2, 0.25) is 0 Å². The van der Waals surface area contributed by atoms with E-state index in [1.807, 2.05) is 12.1 Å². The molecule has 1 aromatic rings. The lowest BCUT2D eigenvalue weighted by Gasteiger charge is -2.14. The predicted molar refractivity (Wildman–Crippen MR) is 81.1 cm³/mol. The molecule has 1 aliphatic rings. The molecule has 2 rings (SSSR count). The summed E-state index contributed by atoms with van der Waals surface area (Å²) in [5.74, 6) is 0. The molecule has 1 saturated heterocycles. The minimum absolute atomic E-state index is 0.784. The first-order valence-electron chi connectivity index (χ1n) is 6.63. The van der Waals surface area contributed by atoms with Gasteiger partial charge in [-0.2, -0.15) is 0 Å². The fraction of sp³-hybridized carbons (Fsp3) is 0.571. The maximum Gasteiger partial charge on any atom is 0.0551 e. The summed E-state index contributed by atoms with van der Waals surface area (Å²) in [7, 11) is 0. The summed E-state index contributed by atoms with van der Waals surface area (Å²) in [4.78, 5) is 2.55. The molecule has 1 heterocycles. The highest BCUT2D eigenvalue weighted by atomic mass is 79.9. The number of rotatable bonds is 6. The minimum atomic E-state index is 0.784. The smallest absolute Gasteiger partial charge is 0.0551 e. The van der Waals surface area contributed by atoms with Gasteiger partial charge in [0, 0.05) is 11.0 Å². The largest absolute Gasteiger partial charge is 0.313 e. The normalized spacial score (nSPS) is 16.3. The third kappa shape index (κ3) is 4.54. The second-order valence-corrected chi connectivity index (χ2v) is 6.09. The zero-order valence-corrected chi connectivity index (χ0v) is 12.9. The summed E-state index contributed by atoms with van der Waals surface area (Å²) >= 11 is 9.46. The molecule has 0 bridgehead atoms. The Morgan fingerprint density at radius 2 is 2.06 bits per heavy atom. The Hall–Kier alpha value is -0.0900. The highest BCUT2D eigenvalue weighted by molar-refractivity contribution is 9.10. The second kappa shape index (κ2) is 7.49. The molecule has 0 aliphatic carbocycles.